The number of carboxylic acids is 1. The summed E-state index contributed by atoms with van der Waals surface area (Å²) in [7, 11) is 0. The van der Waals surface area contributed by atoms with Gasteiger partial charge in [0.05, 0.1) is 18.1 Å². The van der Waals surface area contributed by atoms with E-state index in [9.17, 15) is 19.8 Å². The molecular weight excluding hydrogens is 318 g/mol. The number of nitrogens with two attached hydrogens (primary N) is 1. The lowest BCUT2D eigenvalue weighted by atomic mass is 9.83. The van der Waals surface area contributed by atoms with E-state index in [2.05, 4.69) is 4.98 Å². The van der Waals surface area contributed by atoms with Crippen LogP contribution in [-0.4, -0.2) is 44.1 Å². The van der Waals surface area contributed by atoms with Gasteiger partial charge in [-0.15, -0.1) is 11.8 Å². The maximum atomic E-state index is 12.1. The number of rotatable bonds is 5. The van der Waals surface area contributed by atoms with Crippen molar-refractivity contribution in [2.24, 2.45) is 5.92 Å². The predicted molar refractivity (Wildman–Crippen MR) is 85.0 cm³/mol. The first kappa shape index (κ1) is 15.8. The molecule has 0 radical (unpaired) electrons. The van der Waals surface area contributed by atoms with E-state index in [1.165, 1.54) is 16.7 Å². The van der Waals surface area contributed by atoms with Crippen molar-refractivity contribution in [3.05, 3.63) is 34.5 Å². The van der Waals surface area contributed by atoms with E-state index in [4.69, 9.17) is 5.73 Å². The second-order valence-electron chi connectivity index (χ2n) is 5.70. The van der Waals surface area contributed by atoms with Crippen molar-refractivity contribution >= 4 is 29.5 Å². The lowest BCUT2D eigenvalue weighted by Crippen LogP contribution is -2.61. The summed E-state index contributed by atoms with van der Waals surface area (Å²) in [6.45, 7) is 1.56. The second kappa shape index (κ2) is 5.86. The van der Waals surface area contributed by atoms with Gasteiger partial charge in [0.1, 0.15) is 11.5 Å². The Morgan fingerprint density at radius 2 is 2.30 bits per heavy atom. The van der Waals surface area contributed by atoms with E-state index < -0.39 is 18.0 Å². The quantitative estimate of drug-likeness (QED) is 0.682. The number of aliphatic hydroxyl groups is 1. The molecule has 2 aliphatic rings. The first-order valence-corrected chi connectivity index (χ1v) is 8.19. The third-order valence-corrected chi connectivity index (χ3v) is 5.34. The average Bonchev–Trinajstić information content (AvgIpc) is 2.81. The monoisotopic (exact) mass is 335 g/mol. The summed E-state index contributed by atoms with van der Waals surface area (Å²) in [5, 5.41) is 19.1. The van der Waals surface area contributed by atoms with Gasteiger partial charge in [-0.2, -0.15) is 0 Å². The summed E-state index contributed by atoms with van der Waals surface area (Å²) in [5.74, 6) is -0.955. The molecule has 3 heterocycles. The molecule has 3 atom stereocenters. The van der Waals surface area contributed by atoms with Crippen LogP contribution in [0.2, 0.25) is 0 Å². The number of β-lactam (4-membered cyclic amide) rings is 1. The SMILES string of the molecule is C[C@@H](O)[C@H]1C(=O)N2C(C(=O)O)=C(SCc3ccc(N)nc3)C[C@@H]12. The molecule has 0 bridgehead atoms. The van der Waals surface area contributed by atoms with E-state index in [1.807, 2.05) is 6.07 Å². The van der Waals surface area contributed by atoms with Gasteiger partial charge in [-0.05, 0) is 18.6 Å². The van der Waals surface area contributed by atoms with E-state index in [1.54, 1.807) is 19.2 Å². The Kier molecular flexibility index (Phi) is 4.03. The molecule has 1 aromatic rings. The fourth-order valence-corrected chi connectivity index (χ4v) is 4.17. The van der Waals surface area contributed by atoms with E-state index in [-0.39, 0.29) is 17.6 Å². The van der Waals surface area contributed by atoms with Gasteiger partial charge in [0.15, 0.2) is 0 Å². The van der Waals surface area contributed by atoms with Crippen molar-refractivity contribution in [1.29, 1.82) is 0 Å². The smallest absolute Gasteiger partial charge is 0.353 e. The highest BCUT2D eigenvalue weighted by molar-refractivity contribution is 8.02. The first-order valence-electron chi connectivity index (χ1n) is 7.21. The highest BCUT2D eigenvalue weighted by Crippen LogP contribution is 2.47. The number of amides is 1. The number of carboxylic acid groups (broad SMARTS) is 1. The number of nitrogen functional groups attached to an aromatic ring is 1. The van der Waals surface area contributed by atoms with Crippen LogP contribution in [0.5, 0.6) is 0 Å². The minimum Gasteiger partial charge on any atom is -0.477 e. The lowest BCUT2D eigenvalue weighted by Gasteiger charge is -2.44. The molecule has 1 amide bonds. The van der Waals surface area contributed by atoms with Crippen molar-refractivity contribution in [2.45, 2.75) is 31.2 Å². The van der Waals surface area contributed by atoms with Crippen LogP contribution < -0.4 is 5.73 Å². The third kappa shape index (κ3) is 2.68. The number of aliphatic hydroxyl groups excluding tert-OH is 1. The molecule has 0 aliphatic carbocycles. The van der Waals surface area contributed by atoms with Gasteiger partial charge in [-0.1, -0.05) is 6.07 Å². The number of fused-ring (bicyclic) bond motifs is 1. The number of thioether (sulfide) groups is 1. The predicted octanol–water partition coefficient (Wildman–Crippen LogP) is 0.805. The number of aliphatic carboxylic acids is 1. The summed E-state index contributed by atoms with van der Waals surface area (Å²) >= 11 is 1.39. The van der Waals surface area contributed by atoms with Crippen molar-refractivity contribution in [3.63, 3.8) is 0 Å². The summed E-state index contributed by atoms with van der Waals surface area (Å²) in [6.07, 6.45) is 1.34. The molecular formula is C15H17N3O4S. The molecule has 0 spiro atoms. The van der Waals surface area contributed by atoms with E-state index >= 15 is 0 Å². The zero-order valence-corrected chi connectivity index (χ0v) is 13.3. The summed E-state index contributed by atoms with van der Waals surface area (Å²) in [4.78, 5) is 29.6. The number of carbonyl (C=O) groups is 2. The van der Waals surface area contributed by atoms with Gasteiger partial charge >= 0.3 is 5.97 Å². The zero-order valence-electron chi connectivity index (χ0n) is 12.5. The van der Waals surface area contributed by atoms with Gasteiger partial charge in [0.25, 0.3) is 0 Å². The minimum atomic E-state index is -1.11. The Labute approximate surface area is 137 Å². The van der Waals surface area contributed by atoms with Crippen molar-refractivity contribution in [2.75, 3.05) is 5.73 Å². The molecule has 0 saturated carbocycles. The summed E-state index contributed by atoms with van der Waals surface area (Å²) in [5.41, 5.74) is 6.51. The number of pyridine rings is 1. The number of hydrogen-bond acceptors (Lipinski definition) is 6. The Balaban J connectivity index is 1.77. The molecule has 7 nitrogen and oxygen atoms in total. The van der Waals surface area contributed by atoms with Crippen LogP contribution >= 0.6 is 11.8 Å². The Morgan fingerprint density at radius 3 is 2.87 bits per heavy atom. The van der Waals surface area contributed by atoms with Crippen LogP contribution in [0.15, 0.2) is 28.9 Å². The summed E-state index contributed by atoms with van der Waals surface area (Å²) < 4.78 is 0. The molecule has 122 valence electrons. The molecule has 23 heavy (non-hydrogen) atoms. The first-order chi connectivity index (χ1) is 10.9. The van der Waals surface area contributed by atoms with Crippen molar-refractivity contribution in [1.82, 2.24) is 9.88 Å². The largest absolute Gasteiger partial charge is 0.477 e. The maximum absolute atomic E-state index is 12.1. The fraction of sp³-hybridized carbons (Fsp3) is 0.400. The fourth-order valence-electron chi connectivity index (χ4n) is 3.05. The Bertz CT molecular complexity index is 686. The number of aromatic nitrogens is 1. The van der Waals surface area contributed by atoms with Crippen LogP contribution in [0.4, 0.5) is 5.82 Å². The van der Waals surface area contributed by atoms with Gasteiger partial charge in [-0.3, -0.25) is 4.79 Å². The maximum Gasteiger partial charge on any atom is 0.353 e. The van der Waals surface area contributed by atoms with Gasteiger partial charge in [0.2, 0.25) is 5.91 Å². The molecule has 3 rings (SSSR count). The molecule has 8 heteroatoms. The van der Waals surface area contributed by atoms with Crippen LogP contribution in [0, 0.1) is 5.92 Å². The molecule has 0 unspecified atom stereocenters. The zero-order chi connectivity index (χ0) is 16.7. The Hall–Kier alpha value is -2.06. The number of carbonyl (C=O) groups excluding carboxylic acids is 1. The second-order valence-corrected chi connectivity index (χ2v) is 6.77. The van der Waals surface area contributed by atoms with Crippen LogP contribution in [0.25, 0.3) is 0 Å². The third-order valence-electron chi connectivity index (χ3n) is 4.15. The highest BCUT2D eigenvalue weighted by Gasteiger charge is 2.56. The summed E-state index contributed by atoms with van der Waals surface area (Å²) in [6, 6.07) is 3.28. The lowest BCUT2D eigenvalue weighted by molar-refractivity contribution is -0.161. The standard InChI is InChI=1S/C15H17N3O4S/c1-7(19)12-9-4-10(13(15(21)22)18(9)14(12)20)23-6-8-2-3-11(16)17-5-8/h2-3,5,7,9,12,19H,4,6H2,1H3,(H2,16,17)(H,21,22)/t7-,9+,12-/m1/s1. The highest BCUT2D eigenvalue weighted by atomic mass is 32.2. The van der Waals surface area contributed by atoms with Crippen LogP contribution in [-0.2, 0) is 15.3 Å². The van der Waals surface area contributed by atoms with Crippen LogP contribution in [0.1, 0.15) is 18.9 Å². The van der Waals surface area contributed by atoms with Gasteiger partial charge < -0.3 is 20.8 Å². The molecule has 1 fully saturated rings. The molecule has 2 aliphatic heterocycles. The topological polar surface area (TPSA) is 117 Å². The molecule has 4 N–H and O–H groups in total. The molecule has 1 aromatic heterocycles. The minimum absolute atomic E-state index is 0.0466. The van der Waals surface area contributed by atoms with Gasteiger partial charge in [-0.25, -0.2) is 9.78 Å². The molecule has 0 aromatic carbocycles. The normalized spacial score (nSPS) is 24.4. The number of nitrogens with zero attached hydrogens (tertiary/aromatic N) is 2. The van der Waals surface area contributed by atoms with Crippen molar-refractivity contribution < 1.29 is 19.8 Å². The van der Waals surface area contributed by atoms with E-state index in [0.717, 1.165) is 5.56 Å². The molecule has 1 saturated heterocycles. The Morgan fingerprint density at radius 1 is 1.57 bits per heavy atom. The van der Waals surface area contributed by atoms with Crippen LogP contribution in [0.3, 0.4) is 0 Å². The van der Waals surface area contributed by atoms with Crippen molar-refractivity contribution in [3.8, 4) is 0 Å². The van der Waals surface area contributed by atoms with E-state index in [0.29, 0.717) is 22.9 Å². The number of hydrogen-bond donors (Lipinski definition) is 3. The average molecular weight is 335 g/mol. The number of anilines is 1. The van der Waals surface area contributed by atoms with Gasteiger partial charge in [0, 0.05) is 23.3 Å².